The van der Waals surface area contributed by atoms with Gasteiger partial charge in [0, 0.05) is 0 Å². The zero-order valence-electron chi connectivity index (χ0n) is 7.39. The normalized spacial score (nSPS) is 10.3. The van der Waals surface area contributed by atoms with E-state index in [0.717, 1.165) is 5.56 Å². The number of aromatic nitrogens is 1. The van der Waals surface area contributed by atoms with Crippen LogP contribution < -0.4 is 0 Å². The average molecular weight is 308 g/mol. The van der Waals surface area contributed by atoms with Gasteiger partial charge in [-0.15, -0.1) is 0 Å². The summed E-state index contributed by atoms with van der Waals surface area (Å²) in [6, 6.07) is 3.24. The van der Waals surface area contributed by atoms with Gasteiger partial charge in [-0.2, -0.15) is 5.26 Å². The molecule has 0 N–H and O–H groups in total. The lowest BCUT2D eigenvalue weighted by atomic mass is 10.1. The molecule has 0 atom stereocenters. The van der Waals surface area contributed by atoms with Crippen LogP contribution in [0.15, 0.2) is 6.07 Å². The van der Waals surface area contributed by atoms with Gasteiger partial charge in [-0.25, -0.2) is 13.8 Å². The van der Waals surface area contributed by atoms with Crippen molar-refractivity contribution in [3.8, 4) is 6.07 Å². The van der Waals surface area contributed by atoms with Crippen molar-refractivity contribution in [3.05, 3.63) is 26.6 Å². The average Bonchev–Trinajstić information content (AvgIpc) is 2.12. The van der Waals surface area contributed by atoms with Crippen LogP contribution in [0.25, 0.3) is 0 Å². The number of alkyl halides is 2. The third-order valence-corrected chi connectivity index (χ3v) is 2.88. The third kappa shape index (κ3) is 2.38. The number of halogens is 3. The summed E-state index contributed by atoms with van der Waals surface area (Å²) < 4.78 is 25.2. The maximum atomic E-state index is 12.4. The molecule has 0 bridgehead atoms. The number of nitriles is 1. The Morgan fingerprint density at radius 3 is 2.79 bits per heavy atom. The molecule has 0 aliphatic heterocycles. The Labute approximate surface area is 94.1 Å². The van der Waals surface area contributed by atoms with Gasteiger partial charge in [0.1, 0.15) is 9.39 Å². The summed E-state index contributed by atoms with van der Waals surface area (Å²) in [6.45, 7) is 1.77. The zero-order valence-corrected chi connectivity index (χ0v) is 9.55. The standard InChI is InChI=1S/C9H7F2IN2/c1-5-6(2-3-13)4-7(8(10)11)14-9(5)12/h4,8H,2H2,1H3. The summed E-state index contributed by atoms with van der Waals surface area (Å²) in [6.07, 6.45) is -2.44. The highest BCUT2D eigenvalue weighted by Gasteiger charge is 2.13. The SMILES string of the molecule is Cc1c(CC#N)cc(C(F)F)nc1I. The van der Waals surface area contributed by atoms with E-state index in [4.69, 9.17) is 5.26 Å². The van der Waals surface area contributed by atoms with E-state index in [2.05, 4.69) is 4.98 Å². The molecule has 74 valence electrons. The molecule has 5 heteroatoms. The lowest BCUT2D eigenvalue weighted by Crippen LogP contribution is -2.00. The molecule has 0 spiro atoms. The first-order chi connectivity index (χ1) is 6.56. The van der Waals surface area contributed by atoms with Crippen molar-refractivity contribution >= 4 is 22.6 Å². The van der Waals surface area contributed by atoms with Crippen LogP contribution in [0.3, 0.4) is 0 Å². The summed E-state index contributed by atoms with van der Waals surface area (Å²) in [5.41, 5.74) is 1.17. The van der Waals surface area contributed by atoms with Crippen molar-refractivity contribution in [1.82, 2.24) is 4.98 Å². The molecule has 0 aromatic carbocycles. The number of rotatable bonds is 2. The van der Waals surface area contributed by atoms with E-state index < -0.39 is 6.43 Å². The fourth-order valence-electron chi connectivity index (χ4n) is 1.03. The van der Waals surface area contributed by atoms with E-state index in [9.17, 15) is 8.78 Å². The minimum Gasteiger partial charge on any atom is -0.241 e. The molecule has 14 heavy (non-hydrogen) atoms. The first kappa shape index (κ1) is 11.3. The molecule has 0 aliphatic carbocycles. The number of hydrogen-bond donors (Lipinski definition) is 0. The monoisotopic (exact) mass is 308 g/mol. The second kappa shape index (κ2) is 4.64. The Hall–Kier alpha value is -0.770. The maximum Gasteiger partial charge on any atom is 0.280 e. The van der Waals surface area contributed by atoms with Gasteiger partial charge in [0.05, 0.1) is 12.5 Å². The summed E-state index contributed by atoms with van der Waals surface area (Å²) in [7, 11) is 0. The zero-order chi connectivity index (χ0) is 10.7. The van der Waals surface area contributed by atoms with Gasteiger partial charge in [0.15, 0.2) is 0 Å². The molecule has 1 aromatic rings. The van der Waals surface area contributed by atoms with E-state index in [0.29, 0.717) is 9.26 Å². The van der Waals surface area contributed by atoms with E-state index in [1.54, 1.807) is 6.92 Å². The highest BCUT2D eigenvalue weighted by molar-refractivity contribution is 14.1. The number of nitrogens with zero attached hydrogens (tertiary/aromatic N) is 2. The van der Waals surface area contributed by atoms with Gasteiger partial charge in [0.2, 0.25) is 0 Å². The van der Waals surface area contributed by atoms with Gasteiger partial charge >= 0.3 is 0 Å². The Balaban J connectivity index is 3.22. The molecule has 0 aliphatic rings. The fourth-order valence-corrected chi connectivity index (χ4v) is 1.65. The van der Waals surface area contributed by atoms with Crippen molar-refractivity contribution < 1.29 is 8.78 Å². The fraction of sp³-hybridized carbons (Fsp3) is 0.333. The van der Waals surface area contributed by atoms with Crippen molar-refractivity contribution in [2.75, 3.05) is 0 Å². The highest BCUT2D eigenvalue weighted by atomic mass is 127. The number of hydrogen-bond acceptors (Lipinski definition) is 2. The summed E-state index contributed by atoms with van der Waals surface area (Å²) >= 11 is 1.89. The van der Waals surface area contributed by atoms with Gasteiger partial charge in [0.25, 0.3) is 6.43 Å². The van der Waals surface area contributed by atoms with E-state index in [1.165, 1.54) is 6.07 Å². The second-order valence-corrected chi connectivity index (χ2v) is 3.78. The van der Waals surface area contributed by atoms with Gasteiger partial charge in [-0.1, -0.05) is 0 Å². The second-order valence-electron chi connectivity index (χ2n) is 2.76. The van der Waals surface area contributed by atoms with E-state index in [1.807, 2.05) is 28.7 Å². The molecule has 0 unspecified atom stereocenters. The quantitative estimate of drug-likeness (QED) is 0.622. The largest absolute Gasteiger partial charge is 0.280 e. The van der Waals surface area contributed by atoms with Crippen molar-refractivity contribution in [2.45, 2.75) is 19.8 Å². The predicted octanol–water partition coefficient (Wildman–Crippen LogP) is 3.00. The minimum atomic E-state index is -2.58. The molecule has 1 heterocycles. The summed E-state index contributed by atoms with van der Waals surface area (Å²) in [5.74, 6) is 0. The number of pyridine rings is 1. The molecule has 0 saturated carbocycles. The minimum absolute atomic E-state index is 0.143. The van der Waals surface area contributed by atoms with Crippen LogP contribution in [-0.4, -0.2) is 4.98 Å². The third-order valence-electron chi connectivity index (χ3n) is 1.83. The lowest BCUT2D eigenvalue weighted by Gasteiger charge is -2.07. The first-order valence-electron chi connectivity index (χ1n) is 3.87. The molecule has 0 amide bonds. The van der Waals surface area contributed by atoms with Crippen molar-refractivity contribution in [3.63, 3.8) is 0 Å². The predicted molar refractivity (Wildman–Crippen MR) is 56.0 cm³/mol. The van der Waals surface area contributed by atoms with Crippen molar-refractivity contribution in [1.29, 1.82) is 5.26 Å². The Morgan fingerprint density at radius 2 is 2.29 bits per heavy atom. The molecular formula is C9H7F2IN2. The van der Waals surface area contributed by atoms with Crippen LogP contribution in [0.5, 0.6) is 0 Å². The van der Waals surface area contributed by atoms with Gasteiger partial charge in [-0.3, -0.25) is 0 Å². The molecule has 0 fully saturated rings. The molecule has 1 rings (SSSR count). The van der Waals surface area contributed by atoms with Gasteiger partial charge < -0.3 is 0 Å². The molecule has 0 saturated heterocycles. The topological polar surface area (TPSA) is 36.7 Å². The molecule has 0 radical (unpaired) electrons. The van der Waals surface area contributed by atoms with Crippen LogP contribution >= 0.6 is 22.6 Å². The van der Waals surface area contributed by atoms with Crippen LogP contribution in [0, 0.1) is 22.0 Å². The van der Waals surface area contributed by atoms with E-state index >= 15 is 0 Å². The summed E-state index contributed by atoms with van der Waals surface area (Å²) in [4.78, 5) is 3.74. The van der Waals surface area contributed by atoms with Crippen LogP contribution in [0.4, 0.5) is 8.78 Å². The lowest BCUT2D eigenvalue weighted by molar-refractivity contribution is 0.145. The molecule has 1 aromatic heterocycles. The van der Waals surface area contributed by atoms with Crippen LogP contribution in [0.1, 0.15) is 23.2 Å². The Bertz CT molecular complexity index is 385. The van der Waals surface area contributed by atoms with Crippen LogP contribution in [-0.2, 0) is 6.42 Å². The van der Waals surface area contributed by atoms with E-state index in [-0.39, 0.29) is 12.1 Å². The smallest absolute Gasteiger partial charge is 0.241 e. The molecule has 2 nitrogen and oxygen atoms in total. The molecular weight excluding hydrogens is 301 g/mol. The summed E-state index contributed by atoms with van der Waals surface area (Å²) in [5, 5.41) is 8.50. The van der Waals surface area contributed by atoms with Crippen LogP contribution in [0.2, 0.25) is 0 Å². The highest BCUT2D eigenvalue weighted by Crippen LogP contribution is 2.22. The van der Waals surface area contributed by atoms with Gasteiger partial charge in [-0.05, 0) is 46.7 Å². The van der Waals surface area contributed by atoms with Crippen molar-refractivity contribution in [2.24, 2.45) is 0 Å². The first-order valence-corrected chi connectivity index (χ1v) is 4.95. The Morgan fingerprint density at radius 1 is 1.64 bits per heavy atom. The maximum absolute atomic E-state index is 12.4. The Kier molecular flexibility index (Phi) is 3.75.